The molecule has 1 aromatic carbocycles. The number of imide groups is 1. The quantitative estimate of drug-likeness (QED) is 0.620. The predicted molar refractivity (Wildman–Crippen MR) is 73.7 cm³/mol. The molecule has 2 aliphatic rings. The topological polar surface area (TPSA) is 63.4 Å². The van der Waals surface area contributed by atoms with Gasteiger partial charge < -0.3 is 5.73 Å². The first-order valence-electron chi connectivity index (χ1n) is 6.76. The zero-order valence-corrected chi connectivity index (χ0v) is 11.3. The summed E-state index contributed by atoms with van der Waals surface area (Å²) in [6.07, 6.45) is 2.66. The molecule has 3 rings (SSSR count). The third-order valence-electron chi connectivity index (χ3n) is 4.49. The fraction of sp³-hybridized carbons (Fsp3) is 0.467. The molecule has 2 fully saturated rings. The number of carbonyl (C=O) groups is 2. The summed E-state index contributed by atoms with van der Waals surface area (Å²) in [6.45, 7) is 3.78. The molecule has 2 amide bonds. The van der Waals surface area contributed by atoms with Gasteiger partial charge in [-0.3, -0.25) is 9.59 Å². The van der Waals surface area contributed by atoms with Gasteiger partial charge in [-0.05, 0) is 43.9 Å². The molecule has 1 aliphatic heterocycles. The monoisotopic (exact) mass is 258 g/mol. The van der Waals surface area contributed by atoms with E-state index in [1.54, 1.807) is 0 Å². The highest BCUT2D eigenvalue weighted by atomic mass is 16.2. The maximum atomic E-state index is 12.5. The van der Waals surface area contributed by atoms with Gasteiger partial charge in [-0.1, -0.05) is 12.5 Å². The summed E-state index contributed by atoms with van der Waals surface area (Å²) in [4.78, 5) is 26.3. The van der Waals surface area contributed by atoms with Gasteiger partial charge in [-0.2, -0.15) is 0 Å². The fourth-order valence-electron chi connectivity index (χ4n) is 3.41. The Balaban J connectivity index is 2.11. The van der Waals surface area contributed by atoms with Crippen molar-refractivity contribution in [3.05, 3.63) is 23.3 Å². The first-order valence-corrected chi connectivity index (χ1v) is 6.76. The molecule has 0 aromatic heterocycles. The second kappa shape index (κ2) is 4.08. The number of aryl methyl sites for hydroxylation is 1. The Labute approximate surface area is 112 Å². The second-order valence-corrected chi connectivity index (χ2v) is 5.60. The number of amides is 2. The van der Waals surface area contributed by atoms with Crippen LogP contribution in [0.1, 0.15) is 30.4 Å². The van der Waals surface area contributed by atoms with Gasteiger partial charge in [0.2, 0.25) is 11.8 Å². The van der Waals surface area contributed by atoms with E-state index >= 15 is 0 Å². The van der Waals surface area contributed by atoms with Crippen molar-refractivity contribution >= 4 is 23.2 Å². The molecule has 4 nitrogen and oxygen atoms in total. The van der Waals surface area contributed by atoms with Crippen molar-refractivity contribution in [2.45, 2.75) is 33.1 Å². The summed E-state index contributed by atoms with van der Waals surface area (Å²) in [5.41, 5.74) is 8.98. The Morgan fingerprint density at radius 1 is 1.11 bits per heavy atom. The van der Waals surface area contributed by atoms with Crippen LogP contribution in [0.3, 0.4) is 0 Å². The molecular formula is C15H18N2O2. The van der Waals surface area contributed by atoms with Gasteiger partial charge in [0.25, 0.3) is 0 Å². The van der Waals surface area contributed by atoms with Crippen molar-refractivity contribution in [2.75, 3.05) is 10.6 Å². The van der Waals surface area contributed by atoms with E-state index in [1.807, 2.05) is 26.0 Å². The van der Waals surface area contributed by atoms with E-state index < -0.39 is 0 Å². The van der Waals surface area contributed by atoms with E-state index in [9.17, 15) is 9.59 Å². The zero-order valence-electron chi connectivity index (χ0n) is 11.3. The van der Waals surface area contributed by atoms with Crippen molar-refractivity contribution in [3.8, 4) is 0 Å². The largest absolute Gasteiger partial charge is 0.398 e. The molecule has 1 aromatic rings. The Bertz CT molecular complexity index is 558. The van der Waals surface area contributed by atoms with E-state index in [4.69, 9.17) is 5.73 Å². The number of hydrogen-bond donors (Lipinski definition) is 1. The van der Waals surface area contributed by atoms with Crippen molar-refractivity contribution in [1.29, 1.82) is 0 Å². The number of hydrogen-bond acceptors (Lipinski definition) is 3. The molecule has 0 spiro atoms. The second-order valence-electron chi connectivity index (χ2n) is 5.60. The summed E-state index contributed by atoms with van der Waals surface area (Å²) in [7, 11) is 0. The van der Waals surface area contributed by atoms with E-state index in [1.165, 1.54) is 4.90 Å². The Kier molecular flexibility index (Phi) is 2.62. The molecule has 4 heteroatoms. The Hall–Kier alpha value is -1.84. The van der Waals surface area contributed by atoms with E-state index in [2.05, 4.69) is 0 Å². The maximum Gasteiger partial charge on any atom is 0.237 e. The van der Waals surface area contributed by atoms with E-state index in [0.29, 0.717) is 11.4 Å². The van der Waals surface area contributed by atoms with Gasteiger partial charge in [0.15, 0.2) is 0 Å². The van der Waals surface area contributed by atoms with Gasteiger partial charge >= 0.3 is 0 Å². The van der Waals surface area contributed by atoms with Gasteiger partial charge in [-0.25, -0.2) is 4.90 Å². The summed E-state index contributed by atoms with van der Waals surface area (Å²) < 4.78 is 0. The average Bonchev–Trinajstić information content (AvgIpc) is 2.94. The Morgan fingerprint density at radius 3 is 2.26 bits per heavy atom. The molecular weight excluding hydrogens is 240 g/mol. The highest BCUT2D eigenvalue weighted by molar-refractivity contribution is 6.23. The van der Waals surface area contributed by atoms with Crippen LogP contribution < -0.4 is 10.6 Å². The minimum Gasteiger partial charge on any atom is -0.398 e. The van der Waals surface area contributed by atoms with Crippen LogP contribution in [0.4, 0.5) is 11.4 Å². The summed E-state index contributed by atoms with van der Waals surface area (Å²) in [6, 6.07) is 3.69. The van der Waals surface area contributed by atoms with Crippen LogP contribution in [0, 0.1) is 25.7 Å². The van der Waals surface area contributed by atoms with Gasteiger partial charge in [-0.15, -0.1) is 0 Å². The summed E-state index contributed by atoms with van der Waals surface area (Å²) >= 11 is 0. The number of rotatable bonds is 1. The first kappa shape index (κ1) is 12.2. The van der Waals surface area contributed by atoms with Crippen molar-refractivity contribution in [2.24, 2.45) is 11.8 Å². The molecule has 2 unspecified atom stereocenters. The molecule has 0 bridgehead atoms. The van der Waals surface area contributed by atoms with Crippen LogP contribution in [0.2, 0.25) is 0 Å². The van der Waals surface area contributed by atoms with Crippen LogP contribution >= 0.6 is 0 Å². The number of anilines is 2. The normalized spacial score (nSPS) is 26.1. The molecule has 1 saturated heterocycles. The lowest BCUT2D eigenvalue weighted by Crippen LogP contribution is -2.33. The Morgan fingerprint density at radius 2 is 1.68 bits per heavy atom. The van der Waals surface area contributed by atoms with Crippen LogP contribution in [0.25, 0.3) is 0 Å². The fourth-order valence-corrected chi connectivity index (χ4v) is 3.41. The number of fused-ring (bicyclic) bond motifs is 1. The first-order chi connectivity index (χ1) is 9.02. The lowest BCUT2D eigenvalue weighted by atomic mass is 10.00. The van der Waals surface area contributed by atoms with Crippen LogP contribution in [0.15, 0.2) is 12.1 Å². The predicted octanol–water partition coefficient (Wildman–Crippen LogP) is 2.18. The molecule has 19 heavy (non-hydrogen) atoms. The SMILES string of the molecule is Cc1ccc(N)c(C)c1N1C(=O)C2CCCC2C1=O. The third kappa shape index (κ3) is 1.59. The lowest BCUT2D eigenvalue weighted by Gasteiger charge is -2.21. The van der Waals surface area contributed by atoms with Crippen molar-refractivity contribution in [1.82, 2.24) is 0 Å². The van der Waals surface area contributed by atoms with Gasteiger partial charge in [0.1, 0.15) is 0 Å². The number of nitrogens with two attached hydrogens (primary N) is 1. The minimum atomic E-state index is -0.104. The molecule has 1 heterocycles. The molecule has 2 atom stereocenters. The summed E-state index contributed by atoms with van der Waals surface area (Å²) in [5.74, 6) is -0.283. The molecule has 1 aliphatic carbocycles. The minimum absolute atomic E-state index is 0.0377. The van der Waals surface area contributed by atoms with Crippen LogP contribution in [0.5, 0.6) is 0 Å². The number of benzene rings is 1. The standard InChI is InChI=1S/C15H18N2O2/c1-8-6-7-12(16)9(2)13(8)17-14(18)10-4-3-5-11(10)15(17)19/h6-7,10-11H,3-5,16H2,1-2H3. The molecule has 100 valence electrons. The highest BCUT2D eigenvalue weighted by Crippen LogP contribution is 2.43. The zero-order chi connectivity index (χ0) is 13.7. The van der Waals surface area contributed by atoms with E-state index in [0.717, 1.165) is 30.4 Å². The van der Waals surface area contributed by atoms with E-state index in [-0.39, 0.29) is 23.7 Å². The van der Waals surface area contributed by atoms with Crippen molar-refractivity contribution < 1.29 is 9.59 Å². The number of nitrogen functional groups attached to an aromatic ring is 1. The van der Waals surface area contributed by atoms with Crippen molar-refractivity contribution in [3.63, 3.8) is 0 Å². The molecule has 2 N–H and O–H groups in total. The van der Waals surface area contributed by atoms with Gasteiger partial charge in [0, 0.05) is 5.69 Å². The summed E-state index contributed by atoms with van der Waals surface area (Å²) in [5, 5.41) is 0. The number of nitrogens with zero attached hydrogens (tertiary/aromatic N) is 1. The van der Waals surface area contributed by atoms with Crippen LogP contribution in [-0.4, -0.2) is 11.8 Å². The highest BCUT2D eigenvalue weighted by Gasteiger charge is 2.50. The number of carbonyl (C=O) groups excluding carboxylic acids is 2. The smallest absolute Gasteiger partial charge is 0.237 e. The third-order valence-corrected chi connectivity index (χ3v) is 4.49. The molecule has 0 radical (unpaired) electrons. The average molecular weight is 258 g/mol. The maximum absolute atomic E-state index is 12.5. The van der Waals surface area contributed by atoms with Gasteiger partial charge in [0.05, 0.1) is 17.5 Å². The van der Waals surface area contributed by atoms with Crippen LogP contribution in [-0.2, 0) is 9.59 Å². The molecule has 1 saturated carbocycles. The lowest BCUT2D eigenvalue weighted by molar-refractivity contribution is -0.122.